The van der Waals surface area contributed by atoms with Gasteiger partial charge in [0.15, 0.2) is 0 Å². The number of likely N-dealkylation sites (tertiary alicyclic amines) is 1. The highest BCUT2D eigenvalue weighted by Crippen LogP contribution is 2.21. The second kappa shape index (κ2) is 6.55. The fourth-order valence-electron chi connectivity index (χ4n) is 2.93. The molecular formula is C15H27N3O. The Balaban J connectivity index is 1.81. The van der Waals surface area contributed by atoms with Gasteiger partial charge in [0.1, 0.15) is 11.5 Å². The summed E-state index contributed by atoms with van der Waals surface area (Å²) >= 11 is 0. The molecule has 0 unspecified atom stereocenters. The van der Waals surface area contributed by atoms with E-state index >= 15 is 0 Å². The first-order valence-electron chi connectivity index (χ1n) is 7.24. The van der Waals surface area contributed by atoms with Crippen molar-refractivity contribution in [3.63, 3.8) is 0 Å². The zero-order chi connectivity index (χ0) is 13.8. The largest absolute Gasteiger partial charge is 0.463 e. The lowest BCUT2D eigenvalue weighted by molar-refractivity contribution is 0.148. The number of piperidine rings is 1. The molecule has 0 saturated carbocycles. The normalized spacial score (nSPS) is 18.4. The predicted molar refractivity (Wildman–Crippen MR) is 77.9 cm³/mol. The molecular weight excluding hydrogens is 238 g/mol. The smallest absolute Gasteiger partial charge is 0.120 e. The van der Waals surface area contributed by atoms with Crippen molar-refractivity contribution in [2.45, 2.75) is 32.9 Å². The molecule has 1 aliphatic heterocycles. The highest BCUT2D eigenvalue weighted by Gasteiger charge is 2.20. The highest BCUT2D eigenvalue weighted by atomic mass is 16.3. The second-order valence-corrected chi connectivity index (χ2v) is 6.00. The summed E-state index contributed by atoms with van der Waals surface area (Å²) in [5.74, 6) is 2.84. The van der Waals surface area contributed by atoms with E-state index in [0.29, 0.717) is 6.54 Å². The molecule has 0 amide bonds. The van der Waals surface area contributed by atoms with Crippen molar-refractivity contribution in [2.75, 3.05) is 33.7 Å². The Morgan fingerprint density at radius 2 is 2.05 bits per heavy atom. The Bertz CT molecular complexity index is 392. The molecule has 0 radical (unpaired) electrons. The third-order valence-corrected chi connectivity index (χ3v) is 3.97. The molecule has 0 bridgehead atoms. The van der Waals surface area contributed by atoms with Gasteiger partial charge in [-0.05, 0) is 64.5 Å². The Hall–Kier alpha value is -0.840. The van der Waals surface area contributed by atoms with Crippen molar-refractivity contribution < 1.29 is 4.42 Å². The van der Waals surface area contributed by atoms with E-state index < -0.39 is 0 Å². The van der Waals surface area contributed by atoms with Gasteiger partial charge in [0.25, 0.3) is 0 Å². The maximum Gasteiger partial charge on any atom is 0.120 e. The van der Waals surface area contributed by atoms with Gasteiger partial charge >= 0.3 is 0 Å². The number of furan rings is 1. The molecule has 1 saturated heterocycles. The average Bonchev–Trinajstić information content (AvgIpc) is 2.71. The molecule has 2 heterocycles. The number of hydrogen-bond donors (Lipinski definition) is 1. The molecule has 1 aliphatic rings. The fraction of sp³-hybridized carbons (Fsp3) is 0.733. The van der Waals surface area contributed by atoms with Crippen LogP contribution in [-0.4, -0.2) is 43.5 Å². The van der Waals surface area contributed by atoms with Gasteiger partial charge in [0, 0.05) is 6.54 Å². The van der Waals surface area contributed by atoms with Crippen LogP contribution >= 0.6 is 0 Å². The summed E-state index contributed by atoms with van der Waals surface area (Å²) in [4.78, 5) is 4.79. The minimum absolute atomic E-state index is 0.497. The number of aryl methyl sites for hydroxylation is 1. The second-order valence-electron chi connectivity index (χ2n) is 6.00. The summed E-state index contributed by atoms with van der Waals surface area (Å²) in [6.07, 6.45) is 2.59. The van der Waals surface area contributed by atoms with Crippen molar-refractivity contribution in [2.24, 2.45) is 11.7 Å². The minimum Gasteiger partial charge on any atom is -0.463 e. The van der Waals surface area contributed by atoms with E-state index in [1.165, 1.54) is 38.0 Å². The summed E-state index contributed by atoms with van der Waals surface area (Å²) < 4.78 is 5.78. The SMILES string of the molecule is Cc1cc(CN2CCC(CN(C)C)CC2)oc1CN. The first kappa shape index (κ1) is 14.6. The van der Waals surface area contributed by atoms with Gasteiger partial charge in [0.2, 0.25) is 0 Å². The first-order chi connectivity index (χ1) is 9.08. The summed E-state index contributed by atoms with van der Waals surface area (Å²) in [5.41, 5.74) is 6.83. The van der Waals surface area contributed by atoms with Crippen molar-refractivity contribution in [1.29, 1.82) is 0 Å². The molecule has 0 aliphatic carbocycles. The molecule has 108 valence electrons. The quantitative estimate of drug-likeness (QED) is 0.882. The Morgan fingerprint density at radius 1 is 1.37 bits per heavy atom. The highest BCUT2D eigenvalue weighted by molar-refractivity contribution is 5.19. The molecule has 4 nitrogen and oxygen atoms in total. The van der Waals surface area contributed by atoms with Gasteiger partial charge in [-0.2, -0.15) is 0 Å². The van der Waals surface area contributed by atoms with Crippen LogP contribution < -0.4 is 5.73 Å². The number of nitrogens with two attached hydrogens (primary N) is 1. The molecule has 4 heteroatoms. The van der Waals surface area contributed by atoms with Gasteiger partial charge < -0.3 is 15.1 Å². The lowest BCUT2D eigenvalue weighted by Crippen LogP contribution is -2.36. The maximum atomic E-state index is 5.78. The predicted octanol–water partition coefficient (Wildman–Crippen LogP) is 1.82. The van der Waals surface area contributed by atoms with E-state index in [2.05, 4.69) is 36.9 Å². The maximum absolute atomic E-state index is 5.78. The van der Waals surface area contributed by atoms with Crippen LogP contribution in [0, 0.1) is 12.8 Å². The van der Waals surface area contributed by atoms with Gasteiger partial charge in [-0.3, -0.25) is 4.90 Å². The Kier molecular flexibility index (Phi) is 5.02. The van der Waals surface area contributed by atoms with Crippen LogP contribution in [0.15, 0.2) is 10.5 Å². The summed E-state index contributed by atoms with van der Waals surface area (Å²) in [5, 5.41) is 0. The van der Waals surface area contributed by atoms with Crippen molar-refractivity contribution in [3.05, 3.63) is 23.2 Å². The molecule has 19 heavy (non-hydrogen) atoms. The standard InChI is InChI=1S/C15H27N3O/c1-12-8-14(19-15(12)9-16)11-18-6-4-13(5-7-18)10-17(2)3/h8,13H,4-7,9-11,16H2,1-3H3. The molecule has 0 atom stereocenters. The minimum atomic E-state index is 0.497. The molecule has 1 aromatic rings. The van der Waals surface area contributed by atoms with Crippen LogP contribution in [0.2, 0.25) is 0 Å². The van der Waals surface area contributed by atoms with Crippen LogP contribution in [0.1, 0.15) is 29.9 Å². The third-order valence-electron chi connectivity index (χ3n) is 3.97. The first-order valence-corrected chi connectivity index (χ1v) is 7.24. The van der Waals surface area contributed by atoms with Crippen LogP contribution in [0.25, 0.3) is 0 Å². The molecule has 1 aromatic heterocycles. The van der Waals surface area contributed by atoms with Gasteiger partial charge in [-0.25, -0.2) is 0 Å². The lowest BCUT2D eigenvalue weighted by Gasteiger charge is -2.32. The van der Waals surface area contributed by atoms with Crippen LogP contribution in [0.5, 0.6) is 0 Å². The molecule has 1 fully saturated rings. The van der Waals surface area contributed by atoms with Crippen LogP contribution in [0.4, 0.5) is 0 Å². The molecule has 0 spiro atoms. The third kappa shape index (κ3) is 4.06. The summed E-state index contributed by atoms with van der Waals surface area (Å²) in [6.45, 7) is 7.06. The zero-order valence-electron chi connectivity index (χ0n) is 12.5. The van der Waals surface area contributed by atoms with E-state index in [4.69, 9.17) is 10.2 Å². The van der Waals surface area contributed by atoms with Crippen LogP contribution in [-0.2, 0) is 13.1 Å². The Morgan fingerprint density at radius 3 is 2.58 bits per heavy atom. The van der Waals surface area contributed by atoms with Crippen LogP contribution in [0.3, 0.4) is 0 Å². The van der Waals surface area contributed by atoms with Gasteiger partial charge in [-0.15, -0.1) is 0 Å². The van der Waals surface area contributed by atoms with Crippen molar-refractivity contribution in [1.82, 2.24) is 9.80 Å². The summed E-state index contributed by atoms with van der Waals surface area (Å²) in [6, 6.07) is 2.13. The van der Waals surface area contributed by atoms with E-state index in [0.717, 1.165) is 24.0 Å². The van der Waals surface area contributed by atoms with Crippen molar-refractivity contribution >= 4 is 0 Å². The summed E-state index contributed by atoms with van der Waals surface area (Å²) in [7, 11) is 4.32. The van der Waals surface area contributed by atoms with E-state index in [1.54, 1.807) is 0 Å². The van der Waals surface area contributed by atoms with E-state index in [-0.39, 0.29) is 0 Å². The molecule has 2 rings (SSSR count). The molecule has 0 aromatic carbocycles. The van der Waals surface area contributed by atoms with Gasteiger partial charge in [0.05, 0.1) is 13.1 Å². The lowest BCUT2D eigenvalue weighted by atomic mass is 9.96. The fourth-order valence-corrected chi connectivity index (χ4v) is 2.93. The van der Waals surface area contributed by atoms with E-state index in [9.17, 15) is 0 Å². The zero-order valence-corrected chi connectivity index (χ0v) is 12.5. The number of hydrogen-bond acceptors (Lipinski definition) is 4. The van der Waals surface area contributed by atoms with E-state index in [1.807, 2.05) is 0 Å². The topological polar surface area (TPSA) is 45.6 Å². The van der Waals surface area contributed by atoms with Gasteiger partial charge in [-0.1, -0.05) is 0 Å². The monoisotopic (exact) mass is 265 g/mol. The van der Waals surface area contributed by atoms with Crippen molar-refractivity contribution in [3.8, 4) is 0 Å². The Labute approximate surface area is 116 Å². The number of nitrogens with zero attached hydrogens (tertiary/aromatic N) is 2. The average molecular weight is 265 g/mol. The number of rotatable bonds is 5. The molecule has 2 N–H and O–H groups in total.